The Morgan fingerprint density at radius 3 is 2.30 bits per heavy atom. The number of carbonyl (C=O) groups is 1. The monoisotopic (exact) mass is 396 g/mol. The first kappa shape index (κ1) is 20.0. The van der Waals surface area contributed by atoms with Gasteiger partial charge in [-0.15, -0.1) is 0 Å². The SMILES string of the molecule is CCOc1ncccc1C(=O)N1CCN(S(=O)(=O)N2CCCCCC2)CC1. The van der Waals surface area contributed by atoms with Crippen molar-refractivity contribution in [1.82, 2.24) is 18.5 Å². The van der Waals surface area contributed by atoms with Gasteiger partial charge in [-0.2, -0.15) is 17.0 Å². The lowest BCUT2D eigenvalue weighted by molar-refractivity contribution is 0.0689. The molecule has 3 rings (SSSR count). The molecule has 2 fully saturated rings. The molecule has 0 aromatic carbocycles. The van der Waals surface area contributed by atoms with Gasteiger partial charge in [0.25, 0.3) is 16.1 Å². The van der Waals surface area contributed by atoms with E-state index in [1.807, 2.05) is 6.92 Å². The van der Waals surface area contributed by atoms with Crippen LogP contribution in [0.4, 0.5) is 0 Å². The van der Waals surface area contributed by atoms with Crippen LogP contribution >= 0.6 is 0 Å². The Labute approximate surface area is 161 Å². The first-order valence-electron chi connectivity index (χ1n) is 9.66. The number of hydrogen-bond acceptors (Lipinski definition) is 5. The summed E-state index contributed by atoms with van der Waals surface area (Å²) in [6.45, 7) is 4.82. The van der Waals surface area contributed by atoms with Crippen LogP contribution in [0.25, 0.3) is 0 Å². The Balaban J connectivity index is 1.64. The summed E-state index contributed by atoms with van der Waals surface area (Å²) in [5.41, 5.74) is 0.420. The molecule has 0 unspecified atom stereocenters. The molecular formula is C18H28N4O4S. The molecule has 0 N–H and O–H groups in total. The number of aromatic nitrogens is 1. The molecule has 0 aliphatic carbocycles. The maximum Gasteiger partial charge on any atom is 0.282 e. The number of carbonyl (C=O) groups excluding carboxylic acids is 1. The van der Waals surface area contributed by atoms with E-state index < -0.39 is 10.2 Å². The summed E-state index contributed by atoms with van der Waals surface area (Å²) in [5.74, 6) is 0.156. The standard InChI is InChI=1S/C18H28N4O4S/c1-2-26-17-16(8-7-9-19-17)18(23)20-12-14-22(15-13-20)27(24,25)21-10-5-3-4-6-11-21/h7-9H,2-6,10-15H2,1H3. The van der Waals surface area contributed by atoms with Crippen LogP contribution in [0.2, 0.25) is 0 Å². The molecule has 27 heavy (non-hydrogen) atoms. The number of pyridine rings is 1. The summed E-state index contributed by atoms with van der Waals surface area (Å²) < 4.78 is 34.4. The number of hydrogen-bond donors (Lipinski definition) is 0. The lowest BCUT2D eigenvalue weighted by Gasteiger charge is -2.36. The molecule has 1 amide bonds. The van der Waals surface area contributed by atoms with Gasteiger partial charge in [0.2, 0.25) is 5.88 Å². The summed E-state index contributed by atoms with van der Waals surface area (Å²) >= 11 is 0. The van der Waals surface area contributed by atoms with Gasteiger partial charge >= 0.3 is 0 Å². The van der Waals surface area contributed by atoms with Crippen LogP contribution in [-0.2, 0) is 10.2 Å². The van der Waals surface area contributed by atoms with Crippen LogP contribution in [0.3, 0.4) is 0 Å². The fraction of sp³-hybridized carbons (Fsp3) is 0.667. The second-order valence-corrected chi connectivity index (χ2v) is 8.73. The maximum absolute atomic E-state index is 12.9. The van der Waals surface area contributed by atoms with Crippen LogP contribution in [0.15, 0.2) is 18.3 Å². The summed E-state index contributed by atoms with van der Waals surface area (Å²) in [7, 11) is -3.45. The van der Waals surface area contributed by atoms with Crippen molar-refractivity contribution in [3.8, 4) is 5.88 Å². The molecule has 0 spiro atoms. The van der Waals surface area contributed by atoms with Gasteiger partial charge in [-0.25, -0.2) is 4.98 Å². The van der Waals surface area contributed by atoms with Gasteiger partial charge < -0.3 is 9.64 Å². The summed E-state index contributed by atoms with van der Waals surface area (Å²) in [4.78, 5) is 18.6. The average Bonchev–Trinajstić information content (AvgIpc) is 2.98. The van der Waals surface area contributed by atoms with Crippen LogP contribution in [-0.4, -0.2) is 78.7 Å². The van der Waals surface area contributed by atoms with Gasteiger partial charge in [0.05, 0.1) is 6.61 Å². The van der Waals surface area contributed by atoms with Crippen molar-refractivity contribution in [2.75, 3.05) is 45.9 Å². The minimum Gasteiger partial charge on any atom is -0.477 e. The van der Waals surface area contributed by atoms with E-state index >= 15 is 0 Å². The molecule has 0 radical (unpaired) electrons. The van der Waals surface area contributed by atoms with Gasteiger partial charge in [0.15, 0.2) is 0 Å². The quantitative estimate of drug-likeness (QED) is 0.750. The Morgan fingerprint density at radius 1 is 1.04 bits per heavy atom. The molecule has 0 bridgehead atoms. The maximum atomic E-state index is 12.9. The van der Waals surface area contributed by atoms with Gasteiger partial charge in [0.1, 0.15) is 5.56 Å². The van der Waals surface area contributed by atoms with Crippen molar-refractivity contribution >= 4 is 16.1 Å². The Hall–Kier alpha value is -1.71. The van der Waals surface area contributed by atoms with Crippen molar-refractivity contribution in [2.24, 2.45) is 0 Å². The van der Waals surface area contributed by atoms with Crippen molar-refractivity contribution in [1.29, 1.82) is 0 Å². The molecule has 2 saturated heterocycles. The van der Waals surface area contributed by atoms with Crippen LogP contribution < -0.4 is 4.74 Å². The molecule has 9 heteroatoms. The highest BCUT2D eigenvalue weighted by atomic mass is 32.2. The topological polar surface area (TPSA) is 83.0 Å². The van der Waals surface area contributed by atoms with Crippen LogP contribution in [0.5, 0.6) is 5.88 Å². The third kappa shape index (κ3) is 4.59. The zero-order valence-corrected chi connectivity index (χ0v) is 16.7. The van der Waals surface area contributed by atoms with Gasteiger partial charge in [-0.3, -0.25) is 4.79 Å². The van der Waals surface area contributed by atoms with E-state index in [2.05, 4.69) is 4.98 Å². The van der Waals surface area contributed by atoms with E-state index in [1.165, 1.54) is 4.31 Å². The van der Waals surface area contributed by atoms with Gasteiger partial charge in [-0.05, 0) is 31.9 Å². The van der Waals surface area contributed by atoms with E-state index in [9.17, 15) is 13.2 Å². The number of nitrogens with zero attached hydrogens (tertiary/aromatic N) is 4. The highest BCUT2D eigenvalue weighted by Crippen LogP contribution is 2.21. The third-order valence-electron chi connectivity index (χ3n) is 5.03. The Morgan fingerprint density at radius 2 is 1.67 bits per heavy atom. The second kappa shape index (κ2) is 8.99. The smallest absolute Gasteiger partial charge is 0.282 e. The van der Waals surface area contributed by atoms with E-state index in [1.54, 1.807) is 27.5 Å². The molecule has 1 aromatic heterocycles. The van der Waals surface area contributed by atoms with Crippen molar-refractivity contribution < 1.29 is 17.9 Å². The van der Waals surface area contributed by atoms with Gasteiger partial charge in [0, 0.05) is 45.5 Å². The molecule has 2 aliphatic rings. The molecule has 8 nitrogen and oxygen atoms in total. The fourth-order valence-corrected chi connectivity index (χ4v) is 5.20. The molecule has 0 atom stereocenters. The predicted octanol–water partition coefficient (Wildman–Crippen LogP) is 1.36. The Bertz CT molecular complexity index is 739. The van der Waals surface area contributed by atoms with Crippen molar-refractivity contribution in [2.45, 2.75) is 32.6 Å². The highest BCUT2D eigenvalue weighted by molar-refractivity contribution is 7.86. The van der Waals surface area contributed by atoms with Crippen molar-refractivity contribution in [3.05, 3.63) is 23.9 Å². The van der Waals surface area contributed by atoms with Crippen LogP contribution in [0, 0.1) is 0 Å². The summed E-state index contributed by atoms with van der Waals surface area (Å²) in [5, 5.41) is 0. The lowest BCUT2D eigenvalue weighted by atomic mass is 10.2. The van der Waals surface area contributed by atoms with E-state index in [-0.39, 0.29) is 5.91 Å². The molecular weight excluding hydrogens is 368 g/mol. The van der Waals surface area contributed by atoms with Gasteiger partial charge in [-0.1, -0.05) is 12.8 Å². The lowest BCUT2D eigenvalue weighted by Crippen LogP contribution is -2.54. The zero-order chi connectivity index (χ0) is 19.3. The third-order valence-corrected chi connectivity index (χ3v) is 7.06. The predicted molar refractivity (Wildman–Crippen MR) is 102 cm³/mol. The van der Waals surface area contributed by atoms with Crippen LogP contribution in [0.1, 0.15) is 43.0 Å². The molecule has 2 aliphatic heterocycles. The number of piperazine rings is 1. The normalized spacial score (nSPS) is 20.3. The van der Waals surface area contributed by atoms with E-state index in [0.717, 1.165) is 25.7 Å². The average molecular weight is 397 g/mol. The fourth-order valence-electron chi connectivity index (χ4n) is 3.53. The van der Waals surface area contributed by atoms with E-state index in [0.29, 0.717) is 57.3 Å². The zero-order valence-electron chi connectivity index (χ0n) is 15.8. The van der Waals surface area contributed by atoms with E-state index in [4.69, 9.17) is 4.74 Å². The second-order valence-electron chi connectivity index (χ2n) is 6.80. The largest absolute Gasteiger partial charge is 0.477 e. The minimum atomic E-state index is -3.45. The number of amides is 1. The number of rotatable bonds is 5. The molecule has 0 saturated carbocycles. The first-order valence-corrected chi connectivity index (χ1v) is 11.1. The van der Waals surface area contributed by atoms with Crippen molar-refractivity contribution in [3.63, 3.8) is 0 Å². The molecule has 3 heterocycles. The number of ether oxygens (including phenoxy) is 1. The molecule has 150 valence electrons. The summed E-state index contributed by atoms with van der Waals surface area (Å²) in [6, 6.07) is 3.40. The minimum absolute atomic E-state index is 0.168. The molecule has 1 aromatic rings. The first-order chi connectivity index (χ1) is 13.0. The summed E-state index contributed by atoms with van der Waals surface area (Å²) in [6.07, 6.45) is 5.59. The highest BCUT2D eigenvalue weighted by Gasteiger charge is 2.34. The Kier molecular flexibility index (Phi) is 6.67.